The third-order valence-corrected chi connectivity index (χ3v) is 19.0. The first-order valence-corrected chi connectivity index (χ1v) is 32.2. The molecule has 0 saturated heterocycles. The van der Waals surface area contributed by atoms with Crippen LogP contribution in [0.1, 0.15) is 140 Å². The van der Waals surface area contributed by atoms with Gasteiger partial charge in [0.1, 0.15) is 46.0 Å². The van der Waals surface area contributed by atoms with Crippen LogP contribution in [0.4, 0.5) is 0 Å². The summed E-state index contributed by atoms with van der Waals surface area (Å²) in [5.41, 5.74) is 11.5. The zero-order valence-corrected chi connectivity index (χ0v) is 53.0. The van der Waals surface area contributed by atoms with Crippen LogP contribution < -0.4 is 18.9 Å². The number of rotatable bonds is 14. The molecule has 0 saturated carbocycles. The second kappa shape index (κ2) is 25.1. The Hall–Kier alpha value is -7.48. The van der Waals surface area contributed by atoms with E-state index < -0.39 is 36.3 Å². The molecular weight excluding hydrogens is 1340 g/mol. The molecule has 13 rings (SSSR count). The number of hydrogen-bond donors (Lipinski definition) is 4. The number of halogens is 4. The van der Waals surface area contributed by atoms with E-state index in [1.54, 1.807) is 24.3 Å². The van der Waals surface area contributed by atoms with Crippen molar-refractivity contribution < 1.29 is 39.4 Å². The molecule has 86 heavy (non-hydrogen) atoms. The quantitative estimate of drug-likeness (QED) is 0.0851. The second-order valence-electron chi connectivity index (χ2n) is 22.6. The molecule has 2 heterocycles. The van der Waals surface area contributed by atoms with Crippen LogP contribution in [-0.2, 0) is 25.7 Å². The van der Waals surface area contributed by atoms with Gasteiger partial charge in [0.05, 0.1) is 0 Å². The van der Waals surface area contributed by atoms with Crippen molar-refractivity contribution in [3.63, 3.8) is 0 Å². The average molecular weight is 1400 g/mol. The van der Waals surface area contributed by atoms with Crippen LogP contribution in [0.3, 0.4) is 0 Å². The van der Waals surface area contributed by atoms with E-state index in [2.05, 4.69) is 137 Å². The largest absolute Gasteiger partial charge is 0.508 e. The first-order chi connectivity index (χ1) is 41.8. The maximum atomic E-state index is 13.0. The summed E-state index contributed by atoms with van der Waals surface area (Å²) in [6.45, 7) is 0. The van der Waals surface area contributed by atoms with Gasteiger partial charge in [-0.05, 0) is 134 Å². The fraction of sp³-hybridized carbons (Fsp3) is 0.189. The van der Waals surface area contributed by atoms with Crippen LogP contribution in [0, 0.1) is 0 Å². The number of ether oxygens (including phenoxy) is 4. The van der Waals surface area contributed by atoms with Crippen molar-refractivity contribution in [3.8, 4) is 46.0 Å². The van der Waals surface area contributed by atoms with E-state index in [1.165, 1.54) is 0 Å². The van der Waals surface area contributed by atoms with Crippen LogP contribution in [0.15, 0.2) is 224 Å². The summed E-state index contributed by atoms with van der Waals surface area (Å²) in [6.07, 6.45) is 2.57. The molecule has 0 amide bonds. The minimum atomic E-state index is -1.06. The Labute approximate surface area is 534 Å². The fourth-order valence-corrected chi connectivity index (χ4v) is 15.6. The fourth-order valence-electron chi connectivity index (χ4n) is 13.0. The SMILES string of the molecule is Oc1cc2c3cc1C(CCc1ccccc1)c1cc4c(cc1O)OC(c1cc(Br)cc(Br)c1)Oc1cc(O)c(cc1C4CCc1ccccc1)C(CCc1ccccc1)c1cc(c(cc1O)OC(c1cc(Br)cc(Br)c1)O2)C3CCc1ccccc1. The van der Waals surface area contributed by atoms with Gasteiger partial charge in [-0.2, -0.15) is 0 Å². The molecule has 2 aliphatic heterocycles. The monoisotopic (exact) mass is 1390 g/mol. The topological polar surface area (TPSA) is 118 Å². The van der Waals surface area contributed by atoms with Crippen molar-refractivity contribution in [2.24, 2.45) is 0 Å². The van der Waals surface area contributed by atoms with E-state index >= 15 is 0 Å². The Morgan fingerprint density at radius 3 is 0.721 bits per heavy atom. The van der Waals surface area contributed by atoms with Gasteiger partial charge in [0.25, 0.3) is 12.6 Å². The Morgan fingerprint density at radius 2 is 0.488 bits per heavy atom. The van der Waals surface area contributed by atoms with Crippen LogP contribution in [0.2, 0.25) is 0 Å². The summed E-state index contributed by atoms with van der Waals surface area (Å²) >= 11 is 14.8. The van der Waals surface area contributed by atoms with Crippen molar-refractivity contribution in [1.29, 1.82) is 0 Å². The molecule has 8 nitrogen and oxygen atoms in total. The number of benzene rings is 10. The zero-order chi connectivity index (χ0) is 59.0. The second-order valence-corrected chi connectivity index (χ2v) is 26.3. The lowest BCUT2D eigenvalue weighted by Gasteiger charge is -2.35. The standard InChI is InChI=1S/C74H60Br4O8/c75-49-29-47(30-50(76)33-49)73-83-69-39-65(79)57-35-61(69)55(27-23-45-17-9-3-10-18-45)63-37-59(67(81)41-71(63)85-73)54(26-22-44-15-7-2-8-16-44)60-38-64-56(28-24-46-19-11-4-12-20-46)62-36-58(53(57)25-21-43-13-5-1-6-14-43)66(80)40-70(62)84-74(86-72(64)42-68(60)82)48-31-51(77)34-52(78)32-48/h1-20,29-42,53-56,73-74,79-82H,21-28H2. The molecule has 0 fully saturated rings. The zero-order valence-electron chi connectivity index (χ0n) is 46.7. The molecule has 3 aliphatic rings. The lowest BCUT2D eigenvalue weighted by molar-refractivity contribution is -0.000918. The van der Waals surface area contributed by atoms with E-state index in [4.69, 9.17) is 18.9 Å². The highest BCUT2D eigenvalue weighted by atomic mass is 79.9. The molecule has 4 N–H and O–H groups in total. The molecule has 0 spiro atoms. The Bertz CT molecular complexity index is 3680. The van der Waals surface area contributed by atoms with Crippen LogP contribution in [-0.4, -0.2) is 20.4 Å². The molecule has 0 radical (unpaired) electrons. The van der Waals surface area contributed by atoms with Crippen molar-refractivity contribution in [1.82, 2.24) is 0 Å². The van der Waals surface area contributed by atoms with Gasteiger partial charge >= 0.3 is 0 Å². The van der Waals surface area contributed by atoms with Crippen molar-refractivity contribution in [2.45, 2.75) is 87.6 Å². The third kappa shape index (κ3) is 12.3. The summed E-state index contributed by atoms with van der Waals surface area (Å²) < 4.78 is 31.7. The molecule has 10 aromatic carbocycles. The Morgan fingerprint density at radius 1 is 0.267 bits per heavy atom. The van der Waals surface area contributed by atoms with E-state index in [-0.39, 0.29) is 23.0 Å². The molecule has 432 valence electrons. The normalized spacial score (nSPS) is 18.2. The minimum absolute atomic E-state index is 0.00532. The van der Waals surface area contributed by atoms with Crippen LogP contribution in [0.5, 0.6) is 46.0 Å². The van der Waals surface area contributed by atoms with E-state index in [0.29, 0.717) is 108 Å². The Balaban J connectivity index is 1.12. The molecule has 12 heteroatoms. The Kier molecular flexibility index (Phi) is 16.8. The highest BCUT2D eigenvalue weighted by Crippen LogP contribution is 2.56. The lowest BCUT2D eigenvalue weighted by atomic mass is 9.76. The predicted molar refractivity (Wildman–Crippen MR) is 351 cm³/mol. The minimum Gasteiger partial charge on any atom is -0.508 e. The van der Waals surface area contributed by atoms with E-state index in [0.717, 1.165) is 62.4 Å². The summed E-state index contributed by atoms with van der Waals surface area (Å²) in [4.78, 5) is 0. The van der Waals surface area contributed by atoms with Crippen LogP contribution in [0.25, 0.3) is 0 Å². The maximum Gasteiger partial charge on any atom is 0.267 e. The summed E-state index contributed by atoms with van der Waals surface area (Å²) in [7, 11) is 0. The first kappa shape index (κ1) is 57.6. The third-order valence-electron chi connectivity index (χ3n) is 17.1. The number of phenolic OH excluding ortho intramolecular Hbond substituents is 4. The van der Waals surface area contributed by atoms with Gasteiger partial charge in [-0.1, -0.05) is 185 Å². The lowest BCUT2D eigenvalue weighted by Crippen LogP contribution is -2.22. The predicted octanol–water partition coefficient (Wildman–Crippen LogP) is 19.9. The van der Waals surface area contributed by atoms with E-state index in [9.17, 15) is 20.4 Å². The number of aryl methyl sites for hydroxylation is 4. The molecule has 0 atom stereocenters. The molecule has 0 unspecified atom stereocenters. The molecule has 8 bridgehead atoms. The highest BCUT2D eigenvalue weighted by molar-refractivity contribution is 9.11. The van der Waals surface area contributed by atoms with E-state index in [1.807, 2.05) is 109 Å². The van der Waals surface area contributed by atoms with Gasteiger partial charge in [-0.3, -0.25) is 0 Å². The first-order valence-electron chi connectivity index (χ1n) is 29.1. The number of aromatic hydroxyl groups is 4. The van der Waals surface area contributed by atoms with Crippen LogP contribution >= 0.6 is 63.7 Å². The van der Waals surface area contributed by atoms with Gasteiger partial charge < -0.3 is 39.4 Å². The smallest absolute Gasteiger partial charge is 0.267 e. The number of phenols is 4. The highest BCUT2D eigenvalue weighted by Gasteiger charge is 2.38. The molecule has 10 aromatic rings. The summed E-state index contributed by atoms with van der Waals surface area (Å²) in [5.74, 6) is -0.401. The maximum absolute atomic E-state index is 13.0. The van der Waals surface area contributed by atoms with Crippen molar-refractivity contribution in [3.05, 3.63) is 302 Å². The van der Waals surface area contributed by atoms with Gasteiger partial charge in [0.2, 0.25) is 0 Å². The molecule has 0 aromatic heterocycles. The van der Waals surface area contributed by atoms with Gasteiger partial charge in [0.15, 0.2) is 0 Å². The number of hydrogen-bond acceptors (Lipinski definition) is 8. The van der Waals surface area contributed by atoms with Crippen molar-refractivity contribution >= 4 is 63.7 Å². The summed E-state index contributed by atoms with van der Waals surface area (Å²) in [5, 5.41) is 51.9. The van der Waals surface area contributed by atoms with Crippen molar-refractivity contribution in [2.75, 3.05) is 0 Å². The van der Waals surface area contributed by atoms with Gasteiger partial charge in [0, 0.05) is 121 Å². The van der Waals surface area contributed by atoms with Gasteiger partial charge in [-0.25, -0.2) is 0 Å². The summed E-state index contributed by atoms with van der Waals surface area (Å²) in [6, 6.07) is 68.2. The number of fused-ring (bicyclic) bond motifs is 4. The molecule has 1 aliphatic carbocycles. The molecular formula is C74H60Br4O8. The average Bonchev–Trinajstić information content (AvgIpc) is 0.856. The van der Waals surface area contributed by atoms with Gasteiger partial charge in [-0.15, -0.1) is 0 Å².